The molecule has 0 radical (unpaired) electrons. The van der Waals surface area contributed by atoms with Crippen molar-refractivity contribution in [1.82, 2.24) is 9.78 Å². The molecule has 1 amide bonds. The Hall–Kier alpha value is -2.14. The SMILES string of the molecule is CCCC(O)(CCC)CC(=O)Nc1cn(C)nc1-c1ccccc1. The van der Waals surface area contributed by atoms with Crippen molar-refractivity contribution in [3.63, 3.8) is 0 Å². The van der Waals surface area contributed by atoms with Gasteiger partial charge in [-0.1, -0.05) is 57.0 Å². The minimum absolute atomic E-state index is 0.109. The highest BCUT2D eigenvalue weighted by atomic mass is 16.3. The zero-order valence-corrected chi connectivity index (χ0v) is 14.7. The standard InChI is InChI=1S/C19H27N3O2/c1-4-11-19(24,12-5-2)13-17(23)20-16-14-22(3)21-18(16)15-9-7-6-8-10-15/h6-10,14,24H,4-5,11-13H2,1-3H3,(H,20,23). The van der Waals surface area contributed by atoms with Crippen molar-refractivity contribution in [2.45, 2.75) is 51.6 Å². The molecular weight excluding hydrogens is 302 g/mol. The van der Waals surface area contributed by atoms with Gasteiger partial charge in [-0.15, -0.1) is 0 Å². The van der Waals surface area contributed by atoms with Crippen molar-refractivity contribution >= 4 is 11.6 Å². The number of aromatic nitrogens is 2. The lowest BCUT2D eigenvalue weighted by Gasteiger charge is -2.26. The van der Waals surface area contributed by atoms with Crippen molar-refractivity contribution in [1.29, 1.82) is 0 Å². The number of rotatable bonds is 8. The molecule has 0 aliphatic heterocycles. The summed E-state index contributed by atoms with van der Waals surface area (Å²) >= 11 is 0. The molecule has 2 N–H and O–H groups in total. The molecule has 5 heteroatoms. The number of benzene rings is 1. The maximum atomic E-state index is 12.5. The number of hydrogen-bond donors (Lipinski definition) is 2. The summed E-state index contributed by atoms with van der Waals surface area (Å²) in [5.41, 5.74) is 1.43. The molecule has 130 valence electrons. The molecule has 0 fully saturated rings. The van der Waals surface area contributed by atoms with E-state index in [9.17, 15) is 9.90 Å². The van der Waals surface area contributed by atoms with Crippen LogP contribution in [0.1, 0.15) is 46.0 Å². The van der Waals surface area contributed by atoms with Gasteiger partial charge in [-0.3, -0.25) is 9.48 Å². The molecule has 1 aromatic heterocycles. The van der Waals surface area contributed by atoms with Crippen molar-refractivity contribution < 1.29 is 9.90 Å². The van der Waals surface area contributed by atoms with Crippen LogP contribution in [-0.4, -0.2) is 26.4 Å². The van der Waals surface area contributed by atoms with Gasteiger partial charge < -0.3 is 10.4 Å². The van der Waals surface area contributed by atoms with E-state index in [2.05, 4.69) is 10.4 Å². The number of aryl methyl sites for hydroxylation is 1. The quantitative estimate of drug-likeness (QED) is 0.775. The topological polar surface area (TPSA) is 67.2 Å². The summed E-state index contributed by atoms with van der Waals surface area (Å²) in [7, 11) is 1.83. The van der Waals surface area contributed by atoms with Crippen LogP contribution in [0.2, 0.25) is 0 Å². The van der Waals surface area contributed by atoms with Crippen molar-refractivity contribution in [2.24, 2.45) is 7.05 Å². The monoisotopic (exact) mass is 329 g/mol. The normalized spacial score (nSPS) is 11.5. The van der Waals surface area contributed by atoms with Gasteiger partial charge in [-0.25, -0.2) is 0 Å². The molecule has 1 aromatic carbocycles. The predicted molar refractivity (Wildman–Crippen MR) is 96.7 cm³/mol. The number of hydrogen-bond acceptors (Lipinski definition) is 3. The third-order valence-electron chi connectivity index (χ3n) is 4.07. The molecule has 1 heterocycles. The summed E-state index contributed by atoms with van der Waals surface area (Å²) in [6.45, 7) is 4.04. The lowest BCUT2D eigenvalue weighted by Crippen LogP contribution is -2.33. The molecule has 0 aliphatic carbocycles. The summed E-state index contributed by atoms with van der Waals surface area (Å²) < 4.78 is 1.68. The Balaban J connectivity index is 2.15. The fourth-order valence-electron chi connectivity index (χ4n) is 3.11. The minimum atomic E-state index is -0.928. The lowest BCUT2D eigenvalue weighted by molar-refractivity contribution is -0.121. The predicted octanol–water partition coefficient (Wildman–Crippen LogP) is 3.75. The van der Waals surface area contributed by atoms with Crippen LogP contribution < -0.4 is 5.32 Å². The fraction of sp³-hybridized carbons (Fsp3) is 0.474. The zero-order valence-electron chi connectivity index (χ0n) is 14.7. The summed E-state index contributed by atoms with van der Waals surface area (Å²) in [5.74, 6) is -0.176. The molecule has 0 spiro atoms. The first kappa shape index (κ1) is 18.2. The van der Waals surface area contributed by atoms with Crippen LogP contribution in [0.15, 0.2) is 36.5 Å². The van der Waals surface area contributed by atoms with E-state index < -0.39 is 5.60 Å². The molecule has 5 nitrogen and oxygen atoms in total. The summed E-state index contributed by atoms with van der Waals surface area (Å²) in [6.07, 6.45) is 4.87. The summed E-state index contributed by atoms with van der Waals surface area (Å²) in [4.78, 5) is 12.5. The average Bonchev–Trinajstić information content (AvgIpc) is 2.88. The lowest BCUT2D eigenvalue weighted by atomic mass is 9.89. The van der Waals surface area contributed by atoms with Crippen LogP contribution in [0.4, 0.5) is 5.69 Å². The van der Waals surface area contributed by atoms with Crippen molar-refractivity contribution in [3.05, 3.63) is 36.5 Å². The van der Waals surface area contributed by atoms with Gasteiger partial charge in [0.25, 0.3) is 0 Å². The average molecular weight is 329 g/mol. The van der Waals surface area contributed by atoms with Crippen LogP contribution in [-0.2, 0) is 11.8 Å². The molecule has 0 aliphatic rings. The molecule has 2 aromatic rings. The second-order valence-corrected chi connectivity index (χ2v) is 6.38. The molecule has 0 bridgehead atoms. The molecule has 0 unspecified atom stereocenters. The Labute approximate surface area is 143 Å². The van der Waals surface area contributed by atoms with E-state index >= 15 is 0 Å². The number of carbonyl (C=O) groups excluding carboxylic acids is 1. The highest BCUT2D eigenvalue weighted by Crippen LogP contribution is 2.28. The molecule has 0 saturated carbocycles. The van der Waals surface area contributed by atoms with Crippen LogP contribution in [0.5, 0.6) is 0 Å². The maximum Gasteiger partial charge on any atom is 0.227 e. The summed E-state index contributed by atoms with van der Waals surface area (Å²) in [5, 5.41) is 18.0. The van der Waals surface area contributed by atoms with E-state index in [4.69, 9.17) is 0 Å². The molecule has 0 atom stereocenters. The van der Waals surface area contributed by atoms with E-state index in [1.54, 1.807) is 10.9 Å². The smallest absolute Gasteiger partial charge is 0.227 e. The highest BCUT2D eigenvalue weighted by Gasteiger charge is 2.28. The minimum Gasteiger partial charge on any atom is -0.389 e. The van der Waals surface area contributed by atoms with Gasteiger partial charge in [0.05, 0.1) is 17.7 Å². The second kappa shape index (κ2) is 8.11. The van der Waals surface area contributed by atoms with E-state index in [1.165, 1.54) is 0 Å². The first-order valence-electron chi connectivity index (χ1n) is 8.58. The van der Waals surface area contributed by atoms with Gasteiger partial charge in [-0.2, -0.15) is 5.10 Å². The Morgan fingerprint density at radius 1 is 1.21 bits per heavy atom. The van der Waals surface area contributed by atoms with Crippen molar-refractivity contribution in [3.8, 4) is 11.3 Å². The van der Waals surface area contributed by atoms with Gasteiger partial charge in [0.1, 0.15) is 5.69 Å². The largest absolute Gasteiger partial charge is 0.389 e. The van der Waals surface area contributed by atoms with Crippen LogP contribution >= 0.6 is 0 Å². The van der Waals surface area contributed by atoms with E-state index in [1.807, 2.05) is 51.2 Å². The Kier molecular flexibility index (Phi) is 6.15. The number of nitrogens with zero attached hydrogens (tertiary/aromatic N) is 2. The Bertz CT molecular complexity index is 659. The van der Waals surface area contributed by atoms with Gasteiger partial charge >= 0.3 is 0 Å². The third kappa shape index (κ3) is 4.68. The van der Waals surface area contributed by atoms with Gasteiger partial charge in [0.2, 0.25) is 5.91 Å². The Morgan fingerprint density at radius 2 is 1.83 bits per heavy atom. The number of carbonyl (C=O) groups is 1. The molecule has 24 heavy (non-hydrogen) atoms. The number of amides is 1. The maximum absolute atomic E-state index is 12.5. The first-order valence-corrected chi connectivity index (χ1v) is 8.58. The second-order valence-electron chi connectivity index (χ2n) is 6.38. The zero-order chi connectivity index (χ0) is 17.6. The van der Waals surface area contributed by atoms with E-state index in [0.717, 1.165) is 24.1 Å². The van der Waals surface area contributed by atoms with Gasteiger partial charge in [0.15, 0.2) is 0 Å². The number of nitrogens with one attached hydrogen (secondary N) is 1. The fourth-order valence-corrected chi connectivity index (χ4v) is 3.11. The molecule has 2 rings (SSSR count). The highest BCUT2D eigenvalue weighted by molar-refractivity contribution is 5.95. The molecular formula is C19H27N3O2. The first-order chi connectivity index (χ1) is 11.5. The number of aliphatic hydroxyl groups is 1. The van der Waals surface area contributed by atoms with Crippen LogP contribution in [0.3, 0.4) is 0 Å². The Morgan fingerprint density at radius 3 is 2.42 bits per heavy atom. The summed E-state index contributed by atoms with van der Waals surface area (Å²) in [6, 6.07) is 9.75. The van der Waals surface area contributed by atoms with E-state index in [0.29, 0.717) is 18.5 Å². The van der Waals surface area contributed by atoms with Crippen LogP contribution in [0, 0.1) is 0 Å². The molecule has 0 saturated heterocycles. The third-order valence-corrected chi connectivity index (χ3v) is 4.07. The van der Waals surface area contributed by atoms with Gasteiger partial charge in [-0.05, 0) is 12.8 Å². The van der Waals surface area contributed by atoms with Crippen molar-refractivity contribution in [2.75, 3.05) is 5.32 Å². The van der Waals surface area contributed by atoms with Crippen LogP contribution in [0.25, 0.3) is 11.3 Å². The van der Waals surface area contributed by atoms with E-state index in [-0.39, 0.29) is 12.3 Å². The van der Waals surface area contributed by atoms with Gasteiger partial charge in [0, 0.05) is 18.8 Å². The number of anilines is 1.